The molecular formula is C23H23BrN2O5. The van der Waals surface area contributed by atoms with E-state index in [-0.39, 0.29) is 18.8 Å². The molecule has 0 saturated carbocycles. The maximum Gasteiger partial charge on any atom is 0.344 e. The Labute approximate surface area is 189 Å². The summed E-state index contributed by atoms with van der Waals surface area (Å²) < 4.78 is 16.2. The summed E-state index contributed by atoms with van der Waals surface area (Å²) >= 11 is 3.38. The molecule has 0 heterocycles. The number of amides is 1. The van der Waals surface area contributed by atoms with Crippen LogP contribution >= 0.6 is 15.9 Å². The van der Waals surface area contributed by atoms with E-state index in [9.17, 15) is 14.9 Å². The lowest BCUT2D eigenvalue weighted by atomic mass is 10.1. The number of carbonyl (C=O) groups excluding carboxylic acids is 2. The summed E-state index contributed by atoms with van der Waals surface area (Å²) in [5, 5.41) is 12.3. The van der Waals surface area contributed by atoms with E-state index >= 15 is 0 Å². The van der Waals surface area contributed by atoms with Gasteiger partial charge in [-0.3, -0.25) is 4.79 Å². The second-order valence-electron chi connectivity index (χ2n) is 6.50. The van der Waals surface area contributed by atoms with Gasteiger partial charge in [0.05, 0.1) is 18.2 Å². The molecule has 0 aliphatic heterocycles. The molecule has 0 saturated heterocycles. The number of esters is 1. The number of benzene rings is 2. The number of halogens is 1. The summed E-state index contributed by atoms with van der Waals surface area (Å²) in [5.74, 6) is -0.382. The van der Waals surface area contributed by atoms with Crippen molar-refractivity contribution in [3.8, 4) is 17.6 Å². The van der Waals surface area contributed by atoms with Crippen LogP contribution in [-0.4, -0.2) is 32.2 Å². The summed E-state index contributed by atoms with van der Waals surface area (Å²) in [6.07, 6.45) is 1.45. The number of nitrogens with zero attached hydrogens (tertiary/aromatic N) is 1. The normalized spacial score (nSPS) is 10.8. The van der Waals surface area contributed by atoms with Crippen molar-refractivity contribution < 1.29 is 23.8 Å². The molecule has 0 bridgehead atoms. The standard InChI is InChI=1S/C23H23BrN2O5/c1-5-30-21(27)13-31-22-18(24)10-16(11-20(22)29-4)9-17(12-25)23(28)26-19-8-6-7-14(2)15(19)3/h6-11H,5,13H2,1-4H3,(H,26,28)/b17-9+. The molecule has 2 aromatic carbocycles. The minimum atomic E-state index is -0.520. The number of ether oxygens (including phenoxy) is 3. The summed E-state index contributed by atoms with van der Waals surface area (Å²) in [6.45, 7) is 5.53. The molecule has 0 aliphatic carbocycles. The molecule has 0 spiro atoms. The van der Waals surface area contributed by atoms with Crippen molar-refractivity contribution in [3.63, 3.8) is 0 Å². The van der Waals surface area contributed by atoms with E-state index in [1.165, 1.54) is 13.2 Å². The first kappa shape index (κ1) is 24.0. The smallest absolute Gasteiger partial charge is 0.344 e. The van der Waals surface area contributed by atoms with Crippen LogP contribution in [0.15, 0.2) is 40.4 Å². The van der Waals surface area contributed by atoms with E-state index in [2.05, 4.69) is 21.2 Å². The van der Waals surface area contributed by atoms with Crippen LogP contribution in [0.4, 0.5) is 5.69 Å². The van der Waals surface area contributed by atoms with E-state index in [0.717, 1.165) is 11.1 Å². The molecule has 2 aromatic rings. The van der Waals surface area contributed by atoms with Crippen LogP contribution in [-0.2, 0) is 14.3 Å². The molecule has 162 valence electrons. The Bertz CT molecular complexity index is 1060. The lowest BCUT2D eigenvalue weighted by molar-refractivity contribution is -0.145. The van der Waals surface area contributed by atoms with Crippen LogP contribution in [0.25, 0.3) is 6.08 Å². The molecular weight excluding hydrogens is 464 g/mol. The lowest BCUT2D eigenvalue weighted by Crippen LogP contribution is -2.15. The van der Waals surface area contributed by atoms with Gasteiger partial charge < -0.3 is 19.5 Å². The molecule has 0 aromatic heterocycles. The first-order chi connectivity index (χ1) is 14.8. The minimum absolute atomic E-state index is 0.0740. The average molecular weight is 487 g/mol. The Kier molecular flexibility index (Phi) is 8.64. The fourth-order valence-electron chi connectivity index (χ4n) is 2.69. The van der Waals surface area contributed by atoms with Crippen LogP contribution in [0.3, 0.4) is 0 Å². The Balaban J connectivity index is 2.28. The predicted octanol–water partition coefficient (Wildman–Crippen LogP) is 4.56. The van der Waals surface area contributed by atoms with Crippen molar-refractivity contribution in [1.82, 2.24) is 0 Å². The van der Waals surface area contributed by atoms with Gasteiger partial charge in [0.1, 0.15) is 11.6 Å². The van der Waals surface area contributed by atoms with Gasteiger partial charge in [0.2, 0.25) is 0 Å². The zero-order valence-electron chi connectivity index (χ0n) is 17.7. The number of hydrogen-bond acceptors (Lipinski definition) is 6. The molecule has 0 fully saturated rings. The van der Waals surface area contributed by atoms with E-state index < -0.39 is 11.9 Å². The summed E-state index contributed by atoms with van der Waals surface area (Å²) in [6, 6.07) is 10.8. The molecule has 1 amide bonds. The molecule has 0 radical (unpaired) electrons. The number of carbonyl (C=O) groups is 2. The van der Waals surface area contributed by atoms with E-state index in [0.29, 0.717) is 27.2 Å². The molecule has 7 nitrogen and oxygen atoms in total. The molecule has 0 unspecified atom stereocenters. The summed E-state index contributed by atoms with van der Waals surface area (Å²) in [4.78, 5) is 24.2. The number of rotatable bonds is 8. The van der Waals surface area contributed by atoms with Gasteiger partial charge in [0.15, 0.2) is 18.1 Å². The number of nitriles is 1. The highest BCUT2D eigenvalue weighted by Gasteiger charge is 2.16. The first-order valence-corrected chi connectivity index (χ1v) is 10.2. The van der Waals surface area contributed by atoms with Crippen molar-refractivity contribution in [2.24, 2.45) is 0 Å². The first-order valence-electron chi connectivity index (χ1n) is 9.46. The Morgan fingerprint density at radius 2 is 2.00 bits per heavy atom. The van der Waals surface area contributed by atoms with Gasteiger partial charge in [-0.2, -0.15) is 5.26 Å². The Hall–Kier alpha value is -3.31. The predicted molar refractivity (Wildman–Crippen MR) is 121 cm³/mol. The lowest BCUT2D eigenvalue weighted by Gasteiger charge is -2.13. The quantitative estimate of drug-likeness (QED) is 0.333. The van der Waals surface area contributed by atoms with Crippen LogP contribution < -0.4 is 14.8 Å². The largest absolute Gasteiger partial charge is 0.493 e. The topological polar surface area (TPSA) is 97.7 Å². The van der Waals surface area contributed by atoms with Gasteiger partial charge >= 0.3 is 5.97 Å². The van der Waals surface area contributed by atoms with Crippen LogP contribution in [0.5, 0.6) is 11.5 Å². The third-order valence-corrected chi connectivity index (χ3v) is 5.01. The Morgan fingerprint density at radius 1 is 1.26 bits per heavy atom. The monoisotopic (exact) mass is 486 g/mol. The van der Waals surface area contributed by atoms with Gasteiger partial charge in [-0.1, -0.05) is 12.1 Å². The average Bonchev–Trinajstić information content (AvgIpc) is 2.74. The maximum absolute atomic E-state index is 12.6. The van der Waals surface area contributed by atoms with Crippen LogP contribution in [0.2, 0.25) is 0 Å². The summed E-state index contributed by atoms with van der Waals surface area (Å²) in [7, 11) is 1.45. The third kappa shape index (κ3) is 6.33. The molecule has 0 atom stereocenters. The zero-order valence-corrected chi connectivity index (χ0v) is 19.3. The summed E-state index contributed by atoms with van der Waals surface area (Å²) in [5.41, 5.74) is 3.08. The third-order valence-electron chi connectivity index (χ3n) is 4.42. The number of methoxy groups -OCH3 is 1. The number of anilines is 1. The molecule has 0 aliphatic rings. The van der Waals surface area contributed by atoms with E-state index in [1.807, 2.05) is 32.0 Å². The maximum atomic E-state index is 12.6. The minimum Gasteiger partial charge on any atom is -0.493 e. The van der Waals surface area contributed by atoms with E-state index in [4.69, 9.17) is 14.2 Å². The van der Waals surface area contributed by atoms with Gasteiger partial charge in [0, 0.05) is 5.69 Å². The fraction of sp³-hybridized carbons (Fsp3) is 0.261. The second-order valence-corrected chi connectivity index (χ2v) is 7.35. The molecule has 31 heavy (non-hydrogen) atoms. The highest BCUT2D eigenvalue weighted by molar-refractivity contribution is 9.10. The van der Waals surface area contributed by atoms with Crippen molar-refractivity contribution in [2.45, 2.75) is 20.8 Å². The number of aryl methyl sites for hydroxylation is 1. The molecule has 8 heteroatoms. The molecule has 1 N–H and O–H groups in total. The van der Waals surface area contributed by atoms with Crippen LogP contribution in [0.1, 0.15) is 23.6 Å². The van der Waals surface area contributed by atoms with E-state index in [1.54, 1.807) is 25.1 Å². The van der Waals surface area contributed by atoms with Crippen molar-refractivity contribution in [3.05, 3.63) is 57.1 Å². The number of hydrogen-bond donors (Lipinski definition) is 1. The fourth-order valence-corrected chi connectivity index (χ4v) is 3.26. The highest BCUT2D eigenvalue weighted by Crippen LogP contribution is 2.37. The molecule has 2 rings (SSSR count). The zero-order chi connectivity index (χ0) is 23.0. The Morgan fingerprint density at radius 3 is 2.65 bits per heavy atom. The highest BCUT2D eigenvalue weighted by atomic mass is 79.9. The van der Waals surface area contributed by atoms with Gasteiger partial charge in [0.25, 0.3) is 5.91 Å². The second kappa shape index (κ2) is 11.2. The van der Waals surface area contributed by atoms with Gasteiger partial charge in [-0.05, 0) is 77.7 Å². The van der Waals surface area contributed by atoms with Crippen molar-refractivity contribution in [2.75, 3.05) is 25.6 Å². The van der Waals surface area contributed by atoms with Crippen molar-refractivity contribution >= 4 is 39.6 Å². The SMILES string of the molecule is CCOC(=O)COc1c(Br)cc(/C=C(\C#N)C(=O)Nc2cccc(C)c2C)cc1OC. The van der Waals surface area contributed by atoms with Gasteiger partial charge in [-0.15, -0.1) is 0 Å². The van der Waals surface area contributed by atoms with Gasteiger partial charge in [-0.25, -0.2) is 4.79 Å². The van der Waals surface area contributed by atoms with Crippen molar-refractivity contribution in [1.29, 1.82) is 5.26 Å². The van der Waals surface area contributed by atoms with Crippen LogP contribution in [0, 0.1) is 25.2 Å². The number of nitrogens with one attached hydrogen (secondary N) is 1.